The van der Waals surface area contributed by atoms with E-state index in [1.165, 1.54) is 43.6 Å². The van der Waals surface area contributed by atoms with Crippen LogP contribution in [0.5, 0.6) is 0 Å². The van der Waals surface area contributed by atoms with Crippen LogP contribution >= 0.6 is 0 Å². The van der Waals surface area contributed by atoms with E-state index >= 15 is 0 Å². The molecule has 0 fully saturated rings. The van der Waals surface area contributed by atoms with Crippen molar-refractivity contribution in [2.45, 2.75) is 0 Å². The molecule has 0 bridgehead atoms. The van der Waals surface area contributed by atoms with Gasteiger partial charge in [0.2, 0.25) is 0 Å². The zero-order valence-electron chi connectivity index (χ0n) is 41.0. The monoisotopic (exact) mass is 956 g/mol. The highest BCUT2D eigenvalue weighted by molar-refractivity contribution is 6.07. The molecule has 0 radical (unpaired) electrons. The van der Waals surface area contributed by atoms with E-state index in [0.29, 0.717) is 0 Å². The van der Waals surface area contributed by atoms with Crippen LogP contribution in [0.3, 0.4) is 0 Å². The molecule has 3 heteroatoms. The number of hydrogen-bond acceptors (Lipinski definition) is 3. The summed E-state index contributed by atoms with van der Waals surface area (Å²) in [6.07, 6.45) is 0. The molecule has 3 nitrogen and oxygen atoms in total. The molecule has 14 aromatic rings. The fourth-order valence-corrected chi connectivity index (χ4v) is 11.1. The molecule has 0 saturated heterocycles. The van der Waals surface area contributed by atoms with Crippen molar-refractivity contribution in [3.63, 3.8) is 0 Å². The van der Waals surface area contributed by atoms with Crippen LogP contribution in [0.4, 0.5) is 34.1 Å². The third-order valence-corrected chi connectivity index (χ3v) is 14.8. The summed E-state index contributed by atoms with van der Waals surface area (Å²) < 4.78 is 6.29. The van der Waals surface area contributed by atoms with Gasteiger partial charge in [-0.2, -0.15) is 0 Å². The Morgan fingerprint density at radius 1 is 0.213 bits per heavy atom. The summed E-state index contributed by atoms with van der Waals surface area (Å²) in [6, 6.07) is 105. The molecule has 352 valence electrons. The minimum Gasteiger partial charge on any atom is -0.456 e. The fourth-order valence-electron chi connectivity index (χ4n) is 11.1. The Balaban J connectivity index is 0.885. The Kier molecular flexibility index (Phi) is 10.8. The van der Waals surface area contributed by atoms with Gasteiger partial charge in [0.25, 0.3) is 0 Å². The van der Waals surface area contributed by atoms with Gasteiger partial charge in [0, 0.05) is 44.2 Å². The van der Waals surface area contributed by atoms with E-state index in [0.717, 1.165) is 89.3 Å². The fraction of sp³-hybridized carbons (Fsp3) is 0. The topological polar surface area (TPSA) is 19.6 Å². The van der Waals surface area contributed by atoms with Gasteiger partial charge in [-0.25, -0.2) is 0 Å². The number of benzene rings is 13. The smallest absolute Gasteiger partial charge is 0.136 e. The molecule has 14 rings (SSSR count). The lowest BCUT2D eigenvalue weighted by Gasteiger charge is -2.30. The molecule has 1 aromatic heterocycles. The lowest BCUT2D eigenvalue weighted by atomic mass is 9.97. The van der Waals surface area contributed by atoms with E-state index in [9.17, 15) is 0 Å². The van der Waals surface area contributed by atoms with Crippen LogP contribution in [-0.2, 0) is 0 Å². The van der Waals surface area contributed by atoms with Crippen molar-refractivity contribution in [1.29, 1.82) is 0 Å². The first-order valence-electron chi connectivity index (χ1n) is 25.6. The van der Waals surface area contributed by atoms with Crippen LogP contribution in [0, 0.1) is 0 Å². The quantitative estimate of drug-likeness (QED) is 0.136. The zero-order valence-corrected chi connectivity index (χ0v) is 41.0. The van der Waals surface area contributed by atoms with Crippen LogP contribution in [0.15, 0.2) is 296 Å². The molecule has 0 aliphatic heterocycles. The minimum atomic E-state index is 0.899. The maximum atomic E-state index is 6.29. The molecule has 0 unspecified atom stereocenters. The van der Waals surface area contributed by atoms with Crippen molar-refractivity contribution in [3.05, 3.63) is 291 Å². The van der Waals surface area contributed by atoms with Gasteiger partial charge in [-0.1, -0.05) is 212 Å². The van der Waals surface area contributed by atoms with Gasteiger partial charge in [0.15, 0.2) is 0 Å². The predicted molar refractivity (Wildman–Crippen MR) is 317 cm³/mol. The number of nitrogens with zero attached hydrogens (tertiary/aromatic N) is 2. The lowest BCUT2D eigenvalue weighted by molar-refractivity contribution is 0.669. The van der Waals surface area contributed by atoms with Crippen molar-refractivity contribution in [3.8, 4) is 44.5 Å². The van der Waals surface area contributed by atoms with E-state index in [1.54, 1.807) is 0 Å². The highest BCUT2D eigenvalue weighted by atomic mass is 16.3. The van der Waals surface area contributed by atoms with Gasteiger partial charge >= 0.3 is 0 Å². The van der Waals surface area contributed by atoms with Crippen LogP contribution in [0.1, 0.15) is 0 Å². The van der Waals surface area contributed by atoms with Gasteiger partial charge in [0.05, 0.1) is 17.1 Å². The highest BCUT2D eigenvalue weighted by Gasteiger charge is 2.22. The molecular weight excluding hydrogens is 909 g/mol. The predicted octanol–water partition coefficient (Wildman–Crippen LogP) is 20.7. The number of para-hydroxylation sites is 2. The third kappa shape index (κ3) is 8.04. The van der Waals surface area contributed by atoms with Crippen molar-refractivity contribution < 1.29 is 4.42 Å². The molecule has 0 spiro atoms. The average molecular weight is 957 g/mol. The summed E-state index contributed by atoms with van der Waals surface area (Å²) in [5.41, 5.74) is 17.6. The number of furan rings is 1. The molecule has 13 aromatic carbocycles. The first kappa shape index (κ1) is 43.8. The summed E-state index contributed by atoms with van der Waals surface area (Å²) in [5.74, 6) is 0. The Bertz CT molecular complexity index is 4430. The minimum absolute atomic E-state index is 0.899. The molecule has 0 amide bonds. The van der Waals surface area contributed by atoms with Gasteiger partial charge < -0.3 is 14.2 Å². The summed E-state index contributed by atoms with van der Waals surface area (Å²) in [6.45, 7) is 0. The average Bonchev–Trinajstić information content (AvgIpc) is 3.86. The van der Waals surface area contributed by atoms with E-state index in [2.05, 4.69) is 289 Å². The normalized spacial score (nSPS) is 11.5. The van der Waals surface area contributed by atoms with E-state index < -0.39 is 0 Å². The van der Waals surface area contributed by atoms with E-state index in [1.807, 2.05) is 12.1 Å². The molecule has 0 saturated carbocycles. The summed E-state index contributed by atoms with van der Waals surface area (Å²) in [4.78, 5) is 4.87. The number of hydrogen-bond donors (Lipinski definition) is 0. The maximum absolute atomic E-state index is 6.29. The highest BCUT2D eigenvalue weighted by Crippen LogP contribution is 2.47. The second kappa shape index (κ2) is 18.6. The second-order valence-electron chi connectivity index (χ2n) is 19.3. The largest absolute Gasteiger partial charge is 0.456 e. The van der Waals surface area contributed by atoms with Crippen molar-refractivity contribution >= 4 is 88.4 Å². The van der Waals surface area contributed by atoms with E-state index in [4.69, 9.17) is 4.42 Å². The number of fused-ring (bicyclic) bond motifs is 6. The van der Waals surface area contributed by atoms with Crippen LogP contribution in [0.2, 0.25) is 0 Å². The molecule has 75 heavy (non-hydrogen) atoms. The molecule has 1 heterocycles. The Morgan fingerprint density at radius 2 is 0.667 bits per heavy atom. The lowest BCUT2D eigenvalue weighted by Crippen LogP contribution is -2.12. The Labute approximate surface area is 436 Å². The number of anilines is 6. The molecule has 0 aliphatic carbocycles. The summed E-state index contributed by atoms with van der Waals surface area (Å²) in [7, 11) is 0. The Hall–Kier alpha value is -9.96. The Morgan fingerprint density at radius 3 is 1.44 bits per heavy atom. The standard InChI is InChI=1S/C72H48N2O/c1-2-16-49(17-3-1)50-34-36-51(37-35-50)54-22-12-25-61(45-54)74(70-32-15-21-53-19-5-7-27-64(53)70)69-30-10-8-28-65(69)59-23-13-24-60(47-59)73(68-31-14-20-52-18-4-6-26-63(52)68)62-42-40-56-44-55(38-39-57(56)46-62)58-41-43-67-66-29-9-11-33-71(66)75-72(67)48-58/h1-48H. The number of rotatable bonds is 10. The van der Waals surface area contributed by atoms with E-state index in [-0.39, 0.29) is 0 Å². The van der Waals surface area contributed by atoms with Crippen molar-refractivity contribution in [2.24, 2.45) is 0 Å². The molecule has 0 atom stereocenters. The zero-order chi connectivity index (χ0) is 49.7. The van der Waals surface area contributed by atoms with Crippen LogP contribution in [-0.4, -0.2) is 0 Å². The summed E-state index contributed by atoms with van der Waals surface area (Å²) in [5, 5.41) is 9.34. The van der Waals surface area contributed by atoms with Gasteiger partial charge in [-0.15, -0.1) is 0 Å². The van der Waals surface area contributed by atoms with Crippen LogP contribution < -0.4 is 9.80 Å². The third-order valence-electron chi connectivity index (χ3n) is 14.8. The van der Waals surface area contributed by atoms with Gasteiger partial charge in [-0.3, -0.25) is 0 Å². The second-order valence-corrected chi connectivity index (χ2v) is 19.3. The first-order chi connectivity index (χ1) is 37.2. The van der Waals surface area contributed by atoms with Crippen LogP contribution in [0.25, 0.3) is 98.8 Å². The maximum Gasteiger partial charge on any atom is 0.136 e. The summed E-state index contributed by atoms with van der Waals surface area (Å²) >= 11 is 0. The molecule has 0 N–H and O–H groups in total. The SMILES string of the molecule is c1ccc(-c2ccc(-c3cccc(N(c4ccccc4-c4cccc(N(c5ccc6cc(-c7ccc8c(c7)oc7ccccc78)ccc6c5)c5cccc6ccccc56)c4)c4cccc5ccccc45)c3)cc2)cc1. The van der Waals surface area contributed by atoms with Gasteiger partial charge in [-0.05, 0) is 139 Å². The molecule has 0 aliphatic rings. The van der Waals surface area contributed by atoms with Crippen molar-refractivity contribution in [1.82, 2.24) is 0 Å². The first-order valence-corrected chi connectivity index (χ1v) is 25.6. The van der Waals surface area contributed by atoms with Crippen molar-refractivity contribution in [2.75, 3.05) is 9.80 Å². The molecular formula is C72H48N2O. The van der Waals surface area contributed by atoms with Gasteiger partial charge in [0.1, 0.15) is 11.2 Å².